The number of rotatable bonds is 5. The Labute approximate surface area is 183 Å². The van der Waals surface area contributed by atoms with Gasteiger partial charge in [0.25, 0.3) is 0 Å². The maximum Gasteiger partial charge on any atom is 0.231 e. The molecule has 2 atom stereocenters. The SMILES string of the molecule is COc1cccc2c1CC[C@H](N1CCCC1)[C@H]2N(C)C(=O)Cc1ccc2c(c1)OCO2. The van der Waals surface area contributed by atoms with Crippen molar-refractivity contribution in [3.63, 3.8) is 0 Å². The Morgan fingerprint density at radius 1 is 1.16 bits per heavy atom. The predicted molar refractivity (Wildman–Crippen MR) is 118 cm³/mol. The van der Waals surface area contributed by atoms with E-state index in [-0.39, 0.29) is 18.7 Å². The Morgan fingerprint density at radius 3 is 2.77 bits per heavy atom. The molecule has 0 aromatic heterocycles. The summed E-state index contributed by atoms with van der Waals surface area (Å²) < 4.78 is 16.5. The molecule has 1 aliphatic carbocycles. The largest absolute Gasteiger partial charge is 0.496 e. The van der Waals surface area contributed by atoms with Crippen molar-refractivity contribution in [1.82, 2.24) is 9.80 Å². The van der Waals surface area contributed by atoms with E-state index in [0.717, 1.165) is 48.7 Å². The standard InChI is InChI=1S/C25H30N2O4/c1-26(24(28)15-17-8-11-22-23(14-17)31-16-30-22)25-19-6-5-7-21(29-2)18(19)9-10-20(25)27-12-3-4-13-27/h5-8,11,14,20,25H,3-4,9-10,12-13,15-16H2,1-2H3/t20-,25-/m0/s1. The van der Waals surface area contributed by atoms with Gasteiger partial charge in [0.05, 0.1) is 19.6 Å². The normalized spacial score (nSPS) is 22.3. The van der Waals surface area contributed by atoms with E-state index in [1.54, 1.807) is 7.11 Å². The van der Waals surface area contributed by atoms with E-state index in [1.165, 1.54) is 24.0 Å². The van der Waals surface area contributed by atoms with Gasteiger partial charge in [0.2, 0.25) is 12.7 Å². The first-order chi connectivity index (χ1) is 15.2. The summed E-state index contributed by atoms with van der Waals surface area (Å²) in [6.45, 7) is 2.47. The molecule has 0 saturated carbocycles. The molecule has 6 nitrogen and oxygen atoms in total. The molecule has 31 heavy (non-hydrogen) atoms. The van der Waals surface area contributed by atoms with Crippen molar-refractivity contribution in [2.75, 3.05) is 34.0 Å². The maximum atomic E-state index is 13.4. The lowest BCUT2D eigenvalue weighted by Gasteiger charge is -2.44. The van der Waals surface area contributed by atoms with Crippen LogP contribution in [-0.2, 0) is 17.6 Å². The van der Waals surface area contributed by atoms with Gasteiger partial charge in [-0.25, -0.2) is 0 Å². The number of likely N-dealkylation sites (tertiary alicyclic amines) is 1. The molecule has 5 rings (SSSR count). The second-order valence-corrected chi connectivity index (χ2v) is 8.69. The molecule has 2 aliphatic heterocycles. The molecule has 6 heteroatoms. The van der Waals surface area contributed by atoms with Crippen LogP contribution < -0.4 is 14.2 Å². The van der Waals surface area contributed by atoms with Gasteiger partial charge in [-0.3, -0.25) is 9.69 Å². The fraction of sp³-hybridized carbons (Fsp3) is 0.480. The molecule has 0 spiro atoms. The molecule has 1 amide bonds. The van der Waals surface area contributed by atoms with Crippen molar-refractivity contribution in [1.29, 1.82) is 0 Å². The summed E-state index contributed by atoms with van der Waals surface area (Å²) in [5.74, 6) is 2.50. The van der Waals surface area contributed by atoms with Gasteiger partial charge < -0.3 is 19.1 Å². The van der Waals surface area contributed by atoms with Crippen LogP contribution in [-0.4, -0.2) is 55.8 Å². The van der Waals surface area contributed by atoms with Crippen LogP contribution in [0.4, 0.5) is 0 Å². The fourth-order valence-corrected chi connectivity index (χ4v) is 5.40. The molecule has 2 aromatic carbocycles. The van der Waals surface area contributed by atoms with E-state index in [2.05, 4.69) is 11.0 Å². The number of likely N-dealkylation sites (N-methyl/N-ethyl adjacent to an activating group) is 1. The van der Waals surface area contributed by atoms with Gasteiger partial charge >= 0.3 is 0 Å². The number of methoxy groups -OCH3 is 1. The summed E-state index contributed by atoms with van der Waals surface area (Å²) in [5, 5.41) is 0. The first-order valence-corrected chi connectivity index (χ1v) is 11.2. The van der Waals surface area contributed by atoms with Crippen LogP contribution in [0, 0.1) is 0 Å². The highest BCUT2D eigenvalue weighted by Gasteiger charge is 2.39. The Bertz CT molecular complexity index is 970. The van der Waals surface area contributed by atoms with Crippen molar-refractivity contribution >= 4 is 5.91 Å². The monoisotopic (exact) mass is 422 g/mol. The average molecular weight is 423 g/mol. The minimum atomic E-state index is 0.0264. The lowest BCUT2D eigenvalue weighted by atomic mass is 9.81. The summed E-state index contributed by atoms with van der Waals surface area (Å²) in [5.41, 5.74) is 3.41. The number of hydrogen-bond acceptors (Lipinski definition) is 5. The van der Waals surface area contributed by atoms with Crippen LogP contribution in [0.15, 0.2) is 36.4 Å². The van der Waals surface area contributed by atoms with E-state index in [1.807, 2.05) is 42.3 Å². The van der Waals surface area contributed by atoms with Gasteiger partial charge in [-0.2, -0.15) is 0 Å². The number of carbonyl (C=O) groups is 1. The highest BCUT2D eigenvalue weighted by atomic mass is 16.7. The fourth-order valence-electron chi connectivity index (χ4n) is 5.40. The van der Waals surface area contributed by atoms with Crippen molar-refractivity contribution in [3.05, 3.63) is 53.1 Å². The molecule has 164 valence electrons. The van der Waals surface area contributed by atoms with Gasteiger partial charge in [-0.1, -0.05) is 18.2 Å². The topological polar surface area (TPSA) is 51.2 Å². The number of fused-ring (bicyclic) bond motifs is 2. The van der Waals surface area contributed by atoms with E-state index in [4.69, 9.17) is 14.2 Å². The number of nitrogens with zero attached hydrogens (tertiary/aromatic N) is 2. The lowest BCUT2D eigenvalue weighted by molar-refractivity contribution is -0.133. The van der Waals surface area contributed by atoms with Gasteiger partial charge in [0, 0.05) is 13.1 Å². The Balaban J connectivity index is 1.43. The second-order valence-electron chi connectivity index (χ2n) is 8.69. The summed E-state index contributed by atoms with van der Waals surface area (Å²) >= 11 is 0. The third-order valence-corrected chi connectivity index (χ3v) is 6.98. The maximum absolute atomic E-state index is 13.4. The first-order valence-electron chi connectivity index (χ1n) is 11.2. The van der Waals surface area contributed by atoms with Crippen molar-refractivity contribution in [2.24, 2.45) is 0 Å². The van der Waals surface area contributed by atoms with Gasteiger partial charge in [0.15, 0.2) is 11.5 Å². The van der Waals surface area contributed by atoms with Gasteiger partial charge in [-0.05, 0) is 73.7 Å². The Kier molecular flexibility index (Phi) is 5.48. The quantitative estimate of drug-likeness (QED) is 0.737. The third-order valence-electron chi connectivity index (χ3n) is 6.98. The highest BCUT2D eigenvalue weighted by molar-refractivity contribution is 5.79. The number of hydrogen-bond donors (Lipinski definition) is 0. The van der Waals surface area contributed by atoms with Crippen LogP contribution >= 0.6 is 0 Å². The molecule has 1 saturated heterocycles. The van der Waals surface area contributed by atoms with Crippen LogP contribution in [0.3, 0.4) is 0 Å². The van der Waals surface area contributed by atoms with E-state index >= 15 is 0 Å². The van der Waals surface area contributed by atoms with Crippen molar-refractivity contribution in [2.45, 2.75) is 44.2 Å². The zero-order chi connectivity index (χ0) is 21.4. The summed E-state index contributed by atoms with van der Waals surface area (Å²) in [6, 6.07) is 12.4. The zero-order valence-corrected chi connectivity index (χ0v) is 18.3. The van der Waals surface area contributed by atoms with Crippen molar-refractivity contribution in [3.8, 4) is 17.2 Å². The van der Waals surface area contributed by atoms with E-state index in [9.17, 15) is 4.79 Å². The minimum absolute atomic E-state index is 0.0264. The lowest BCUT2D eigenvalue weighted by Crippen LogP contribution is -2.48. The second kappa shape index (κ2) is 8.42. The summed E-state index contributed by atoms with van der Waals surface area (Å²) in [7, 11) is 3.68. The average Bonchev–Trinajstić information content (AvgIpc) is 3.49. The summed E-state index contributed by atoms with van der Waals surface area (Å²) in [4.78, 5) is 18.0. The van der Waals surface area contributed by atoms with Gasteiger partial charge in [0.1, 0.15) is 5.75 Å². The Hall–Kier alpha value is -2.73. The van der Waals surface area contributed by atoms with Gasteiger partial charge in [-0.15, -0.1) is 0 Å². The zero-order valence-electron chi connectivity index (χ0n) is 18.3. The predicted octanol–water partition coefficient (Wildman–Crippen LogP) is 3.58. The van der Waals surface area contributed by atoms with Crippen LogP contribution in [0.1, 0.15) is 42.0 Å². The minimum Gasteiger partial charge on any atom is -0.496 e. The number of ether oxygens (including phenoxy) is 3. The highest BCUT2D eigenvalue weighted by Crippen LogP contribution is 2.41. The molecule has 0 radical (unpaired) electrons. The molecular formula is C25H30N2O4. The molecule has 0 unspecified atom stereocenters. The number of carbonyl (C=O) groups excluding carboxylic acids is 1. The van der Waals surface area contributed by atoms with E-state index < -0.39 is 0 Å². The third kappa shape index (κ3) is 3.74. The number of amides is 1. The number of benzene rings is 2. The molecule has 3 aliphatic rings. The van der Waals surface area contributed by atoms with Crippen LogP contribution in [0.2, 0.25) is 0 Å². The first kappa shape index (κ1) is 20.2. The van der Waals surface area contributed by atoms with Crippen LogP contribution in [0.5, 0.6) is 17.2 Å². The molecule has 0 N–H and O–H groups in total. The summed E-state index contributed by atoms with van der Waals surface area (Å²) in [6.07, 6.45) is 4.85. The molecule has 1 fully saturated rings. The van der Waals surface area contributed by atoms with E-state index in [0.29, 0.717) is 12.5 Å². The molecule has 2 heterocycles. The smallest absolute Gasteiger partial charge is 0.231 e. The molecular weight excluding hydrogens is 392 g/mol. The molecule has 0 bridgehead atoms. The molecule has 2 aromatic rings. The van der Waals surface area contributed by atoms with Crippen molar-refractivity contribution < 1.29 is 19.0 Å². The van der Waals surface area contributed by atoms with Crippen LogP contribution in [0.25, 0.3) is 0 Å². The Morgan fingerprint density at radius 2 is 1.97 bits per heavy atom.